The van der Waals surface area contributed by atoms with E-state index in [0.717, 1.165) is 22.4 Å². The summed E-state index contributed by atoms with van der Waals surface area (Å²) in [6.07, 6.45) is 0. The van der Waals surface area contributed by atoms with Crippen LogP contribution in [0.25, 0.3) is 5.57 Å². The van der Waals surface area contributed by atoms with E-state index in [1.54, 1.807) is 4.90 Å². The maximum Gasteiger partial charge on any atom is 0.277 e. The van der Waals surface area contributed by atoms with Crippen molar-refractivity contribution in [3.8, 4) is 0 Å². The predicted octanol–water partition coefficient (Wildman–Crippen LogP) is 3.15. The van der Waals surface area contributed by atoms with E-state index in [9.17, 15) is 9.59 Å². The normalized spacial score (nSPS) is 14.6. The summed E-state index contributed by atoms with van der Waals surface area (Å²) in [5.74, 6) is -0.541. The molecule has 0 unspecified atom stereocenters. The fourth-order valence-electron chi connectivity index (χ4n) is 2.88. The van der Waals surface area contributed by atoms with Gasteiger partial charge in [-0.25, -0.2) is 0 Å². The number of carbonyl (C=O) groups is 2. The van der Waals surface area contributed by atoms with E-state index in [4.69, 9.17) is 0 Å². The van der Waals surface area contributed by atoms with Crippen molar-refractivity contribution in [1.82, 2.24) is 4.90 Å². The number of aryl methyl sites for hydroxylation is 2. The summed E-state index contributed by atoms with van der Waals surface area (Å²) in [4.78, 5) is 28.3. The highest BCUT2D eigenvalue weighted by Gasteiger charge is 2.38. The standard InChI is InChI=1S/C20H20N2O2/c1-13-10-11-15(12-14(13)2)17-18(20(24)22(4)19(17)23)21(3)16-8-6-5-7-9-16/h5-12H,1-4H3. The molecular formula is C20H20N2O2. The number of imide groups is 1. The number of benzene rings is 2. The van der Waals surface area contributed by atoms with Crippen molar-refractivity contribution < 1.29 is 9.59 Å². The first kappa shape index (κ1) is 16.0. The Hall–Kier alpha value is -2.88. The van der Waals surface area contributed by atoms with Crippen molar-refractivity contribution in [2.45, 2.75) is 13.8 Å². The van der Waals surface area contributed by atoms with E-state index < -0.39 is 0 Å². The Morgan fingerprint density at radius 1 is 0.875 bits per heavy atom. The molecule has 2 amide bonds. The van der Waals surface area contributed by atoms with Crippen molar-refractivity contribution in [2.75, 3.05) is 19.0 Å². The molecule has 3 rings (SSSR count). The minimum atomic E-state index is -0.278. The first-order chi connectivity index (χ1) is 11.4. The third kappa shape index (κ3) is 2.50. The summed E-state index contributed by atoms with van der Waals surface area (Å²) in [6.45, 7) is 4.03. The molecule has 2 aromatic carbocycles. The summed E-state index contributed by atoms with van der Waals surface area (Å²) >= 11 is 0. The molecule has 0 atom stereocenters. The van der Waals surface area contributed by atoms with Gasteiger partial charge in [-0.15, -0.1) is 0 Å². The summed E-state index contributed by atoms with van der Waals surface area (Å²) in [6, 6.07) is 15.4. The average molecular weight is 320 g/mol. The van der Waals surface area contributed by atoms with Gasteiger partial charge in [-0.1, -0.05) is 36.4 Å². The van der Waals surface area contributed by atoms with E-state index in [0.29, 0.717) is 11.3 Å². The Bertz CT molecular complexity index is 853. The van der Waals surface area contributed by atoms with Crippen LogP contribution in [0.15, 0.2) is 54.2 Å². The van der Waals surface area contributed by atoms with Gasteiger partial charge in [-0.3, -0.25) is 14.5 Å². The lowest BCUT2D eigenvalue weighted by Gasteiger charge is -2.20. The Balaban J connectivity index is 2.19. The van der Waals surface area contributed by atoms with Crippen LogP contribution in [-0.2, 0) is 9.59 Å². The first-order valence-electron chi connectivity index (χ1n) is 7.85. The molecule has 0 bridgehead atoms. The van der Waals surface area contributed by atoms with Crippen LogP contribution in [0, 0.1) is 13.8 Å². The molecule has 24 heavy (non-hydrogen) atoms. The molecule has 0 fully saturated rings. The fraction of sp³-hybridized carbons (Fsp3) is 0.200. The third-order valence-corrected chi connectivity index (χ3v) is 4.54. The second-order valence-corrected chi connectivity index (χ2v) is 6.09. The second-order valence-electron chi connectivity index (χ2n) is 6.09. The molecule has 0 saturated carbocycles. The average Bonchev–Trinajstić information content (AvgIpc) is 2.82. The highest BCUT2D eigenvalue weighted by atomic mass is 16.2. The minimum Gasteiger partial charge on any atom is -0.339 e. The zero-order valence-corrected chi connectivity index (χ0v) is 14.3. The summed E-state index contributed by atoms with van der Waals surface area (Å²) < 4.78 is 0. The molecule has 0 saturated heterocycles. The zero-order chi connectivity index (χ0) is 17.4. The Morgan fingerprint density at radius 3 is 2.17 bits per heavy atom. The van der Waals surface area contributed by atoms with Crippen LogP contribution < -0.4 is 4.90 Å². The van der Waals surface area contributed by atoms with Crippen LogP contribution in [0.4, 0.5) is 5.69 Å². The number of amides is 2. The lowest BCUT2D eigenvalue weighted by molar-refractivity contribution is -0.135. The van der Waals surface area contributed by atoms with Crippen molar-refractivity contribution in [2.24, 2.45) is 0 Å². The van der Waals surface area contributed by atoms with Crippen molar-refractivity contribution in [3.05, 3.63) is 70.9 Å². The second kappa shape index (κ2) is 5.96. The number of para-hydroxylation sites is 1. The topological polar surface area (TPSA) is 40.6 Å². The van der Waals surface area contributed by atoms with Gasteiger partial charge in [0.15, 0.2) is 0 Å². The summed E-state index contributed by atoms with van der Waals surface area (Å²) in [7, 11) is 3.34. The van der Waals surface area contributed by atoms with E-state index in [1.165, 1.54) is 11.9 Å². The Kier molecular flexibility index (Phi) is 3.97. The number of anilines is 1. The van der Waals surface area contributed by atoms with Gasteiger partial charge in [0.25, 0.3) is 11.8 Å². The molecule has 0 spiro atoms. The van der Waals surface area contributed by atoms with Crippen LogP contribution in [0.1, 0.15) is 16.7 Å². The largest absolute Gasteiger partial charge is 0.339 e. The molecule has 0 radical (unpaired) electrons. The monoisotopic (exact) mass is 320 g/mol. The number of hydrogen-bond acceptors (Lipinski definition) is 3. The molecule has 0 N–H and O–H groups in total. The van der Waals surface area contributed by atoms with E-state index in [2.05, 4.69) is 0 Å². The lowest BCUT2D eigenvalue weighted by atomic mass is 9.99. The number of hydrogen-bond donors (Lipinski definition) is 0. The van der Waals surface area contributed by atoms with Gasteiger partial charge < -0.3 is 4.90 Å². The molecule has 0 aromatic heterocycles. The van der Waals surface area contributed by atoms with Crippen LogP contribution >= 0.6 is 0 Å². The van der Waals surface area contributed by atoms with Crippen molar-refractivity contribution in [3.63, 3.8) is 0 Å². The van der Waals surface area contributed by atoms with Gasteiger partial charge in [0, 0.05) is 19.8 Å². The van der Waals surface area contributed by atoms with Gasteiger partial charge in [-0.05, 0) is 42.7 Å². The highest BCUT2D eigenvalue weighted by Crippen LogP contribution is 2.33. The zero-order valence-electron chi connectivity index (χ0n) is 14.3. The number of nitrogens with zero attached hydrogens (tertiary/aromatic N) is 2. The van der Waals surface area contributed by atoms with E-state index in [1.807, 2.05) is 69.4 Å². The van der Waals surface area contributed by atoms with Crippen LogP contribution in [0.2, 0.25) is 0 Å². The first-order valence-corrected chi connectivity index (χ1v) is 7.85. The quantitative estimate of drug-likeness (QED) is 0.816. The molecule has 1 aliphatic heterocycles. The third-order valence-electron chi connectivity index (χ3n) is 4.54. The van der Waals surface area contributed by atoms with Gasteiger partial charge in [0.05, 0.1) is 5.57 Å². The number of likely N-dealkylation sites (N-methyl/N-ethyl adjacent to an activating group) is 2. The summed E-state index contributed by atoms with van der Waals surface area (Å²) in [5.41, 5.74) is 4.76. The Labute approximate surface area is 142 Å². The number of rotatable bonds is 3. The van der Waals surface area contributed by atoms with Crippen LogP contribution in [0.3, 0.4) is 0 Å². The van der Waals surface area contributed by atoms with Gasteiger partial charge in [0.2, 0.25) is 0 Å². The molecule has 1 heterocycles. The van der Waals surface area contributed by atoms with Gasteiger partial charge in [0.1, 0.15) is 5.70 Å². The molecule has 0 aliphatic carbocycles. The highest BCUT2D eigenvalue weighted by molar-refractivity contribution is 6.36. The smallest absolute Gasteiger partial charge is 0.277 e. The van der Waals surface area contributed by atoms with Crippen LogP contribution in [-0.4, -0.2) is 30.8 Å². The van der Waals surface area contributed by atoms with Gasteiger partial charge >= 0.3 is 0 Å². The molecule has 2 aromatic rings. The maximum atomic E-state index is 12.7. The van der Waals surface area contributed by atoms with E-state index >= 15 is 0 Å². The predicted molar refractivity (Wildman–Crippen MR) is 95.5 cm³/mol. The molecule has 1 aliphatic rings. The van der Waals surface area contributed by atoms with Crippen LogP contribution in [0.5, 0.6) is 0 Å². The fourth-order valence-corrected chi connectivity index (χ4v) is 2.88. The van der Waals surface area contributed by atoms with Crippen molar-refractivity contribution >= 4 is 23.1 Å². The molecule has 4 heteroatoms. The SMILES string of the molecule is Cc1ccc(C2=C(N(C)c3ccccc3)C(=O)N(C)C2=O)cc1C. The number of carbonyl (C=O) groups excluding carboxylic acids is 2. The molecule has 4 nitrogen and oxygen atoms in total. The van der Waals surface area contributed by atoms with Gasteiger partial charge in [-0.2, -0.15) is 0 Å². The summed E-state index contributed by atoms with van der Waals surface area (Å²) in [5, 5.41) is 0. The lowest BCUT2D eigenvalue weighted by Crippen LogP contribution is -2.30. The van der Waals surface area contributed by atoms with E-state index in [-0.39, 0.29) is 11.8 Å². The molecular weight excluding hydrogens is 300 g/mol. The maximum absolute atomic E-state index is 12.7. The molecule has 122 valence electrons. The Morgan fingerprint density at radius 2 is 1.54 bits per heavy atom. The van der Waals surface area contributed by atoms with Crippen molar-refractivity contribution in [1.29, 1.82) is 0 Å². The minimum absolute atomic E-state index is 0.263.